The zero-order chi connectivity index (χ0) is 16.2. The van der Waals surface area contributed by atoms with Gasteiger partial charge in [0.25, 0.3) is 0 Å². The molecule has 0 heterocycles. The summed E-state index contributed by atoms with van der Waals surface area (Å²) in [4.78, 5) is 23.1. The molecule has 1 saturated carbocycles. The van der Waals surface area contributed by atoms with Crippen LogP contribution in [-0.2, 0) is 16.0 Å². The van der Waals surface area contributed by atoms with Gasteiger partial charge in [-0.3, -0.25) is 9.59 Å². The monoisotopic (exact) mass is 303 g/mol. The summed E-state index contributed by atoms with van der Waals surface area (Å²) in [6.45, 7) is 4.05. The van der Waals surface area contributed by atoms with Crippen LogP contribution in [0.1, 0.15) is 51.5 Å². The zero-order valence-electron chi connectivity index (χ0n) is 13.4. The van der Waals surface area contributed by atoms with Gasteiger partial charge in [-0.2, -0.15) is 0 Å². The van der Waals surface area contributed by atoms with E-state index in [1.54, 1.807) is 0 Å². The Morgan fingerprint density at radius 3 is 2.32 bits per heavy atom. The van der Waals surface area contributed by atoms with Crippen LogP contribution >= 0.6 is 0 Å². The van der Waals surface area contributed by atoms with Crippen molar-refractivity contribution in [3.63, 3.8) is 0 Å². The summed E-state index contributed by atoms with van der Waals surface area (Å²) in [6, 6.07) is 7.45. The SMILES string of the molecule is CC(C)(C(=O)Nc1ccc(CCC(=O)O)cc1)C1CCCC1. The molecular weight excluding hydrogens is 278 g/mol. The second kappa shape index (κ2) is 6.95. The highest BCUT2D eigenvalue weighted by Crippen LogP contribution is 2.40. The van der Waals surface area contributed by atoms with Crippen molar-refractivity contribution in [2.24, 2.45) is 11.3 Å². The fourth-order valence-electron chi connectivity index (χ4n) is 3.13. The Morgan fingerprint density at radius 2 is 1.77 bits per heavy atom. The van der Waals surface area contributed by atoms with E-state index in [-0.39, 0.29) is 17.7 Å². The fraction of sp³-hybridized carbons (Fsp3) is 0.556. The van der Waals surface area contributed by atoms with Crippen LogP contribution in [0.2, 0.25) is 0 Å². The highest BCUT2D eigenvalue weighted by molar-refractivity contribution is 5.95. The van der Waals surface area contributed by atoms with E-state index in [1.807, 2.05) is 38.1 Å². The number of amides is 1. The van der Waals surface area contributed by atoms with Crippen LogP contribution < -0.4 is 5.32 Å². The lowest BCUT2D eigenvalue weighted by Crippen LogP contribution is -2.36. The third-order valence-corrected chi connectivity index (χ3v) is 4.80. The molecule has 0 saturated heterocycles. The summed E-state index contributed by atoms with van der Waals surface area (Å²) < 4.78 is 0. The first-order chi connectivity index (χ1) is 10.4. The Bertz CT molecular complexity index is 528. The molecule has 1 aliphatic rings. The first-order valence-electron chi connectivity index (χ1n) is 8.02. The first-order valence-corrected chi connectivity index (χ1v) is 8.02. The molecule has 1 aromatic rings. The molecule has 0 aliphatic heterocycles. The van der Waals surface area contributed by atoms with Crippen LogP contribution in [-0.4, -0.2) is 17.0 Å². The maximum absolute atomic E-state index is 12.5. The number of nitrogens with one attached hydrogen (secondary N) is 1. The van der Waals surface area contributed by atoms with Crippen molar-refractivity contribution < 1.29 is 14.7 Å². The number of carbonyl (C=O) groups is 2. The summed E-state index contributed by atoms with van der Waals surface area (Å²) >= 11 is 0. The van der Waals surface area contributed by atoms with Crippen molar-refractivity contribution in [1.82, 2.24) is 0 Å². The fourth-order valence-corrected chi connectivity index (χ4v) is 3.13. The van der Waals surface area contributed by atoms with E-state index in [4.69, 9.17) is 5.11 Å². The van der Waals surface area contributed by atoms with E-state index in [9.17, 15) is 9.59 Å². The van der Waals surface area contributed by atoms with Gasteiger partial charge in [-0.25, -0.2) is 0 Å². The minimum Gasteiger partial charge on any atom is -0.481 e. The lowest BCUT2D eigenvalue weighted by atomic mass is 9.77. The molecule has 1 aliphatic carbocycles. The van der Waals surface area contributed by atoms with Crippen molar-refractivity contribution in [3.8, 4) is 0 Å². The van der Waals surface area contributed by atoms with Crippen LogP contribution in [0.5, 0.6) is 0 Å². The molecule has 1 fully saturated rings. The Kier molecular flexibility index (Phi) is 5.22. The van der Waals surface area contributed by atoms with Gasteiger partial charge in [0, 0.05) is 17.5 Å². The van der Waals surface area contributed by atoms with Crippen LogP contribution in [0, 0.1) is 11.3 Å². The molecule has 0 bridgehead atoms. The Hall–Kier alpha value is -1.84. The van der Waals surface area contributed by atoms with Gasteiger partial charge in [-0.15, -0.1) is 0 Å². The normalized spacial score (nSPS) is 15.7. The highest BCUT2D eigenvalue weighted by Gasteiger charge is 2.38. The number of hydrogen-bond donors (Lipinski definition) is 2. The van der Waals surface area contributed by atoms with Crippen molar-refractivity contribution in [3.05, 3.63) is 29.8 Å². The molecule has 22 heavy (non-hydrogen) atoms. The van der Waals surface area contributed by atoms with Crippen LogP contribution in [0.15, 0.2) is 24.3 Å². The molecule has 0 spiro atoms. The first kappa shape index (κ1) is 16.5. The molecule has 2 N–H and O–H groups in total. The van der Waals surface area contributed by atoms with Gasteiger partial charge < -0.3 is 10.4 Å². The molecular formula is C18H25NO3. The Morgan fingerprint density at radius 1 is 1.18 bits per heavy atom. The standard InChI is InChI=1S/C18H25NO3/c1-18(2,14-5-3-4-6-14)17(22)19-15-10-7-13(8-11-15)9-12-16(20)21/h7-8,10-11,14H,3-6,9,12H2,1-2H3,(H,19,22)(H,20,21). The van der Waals surface area contributed by atoms with Gasteiger partial charge in [-0.05, 0) is 42.9 Å². The number of aliphatic carboxylic acids is 1. The number of rotatable bonds is 6. The van der Waals surface area contributed by atoms with Gasteiger partial charge in [0.1, 0.15) is 0 Å². The number of anilines is 1. The number of benzene rings is 1. The number of carboxylic acid groups (broad SMARTS) is 1. The number of carbonyl (C=O) groups excluding carboxylic acids is 1. The molecule has 120 valence electrons. The number of aryl methyl sites for hydroxylation is 1. The molecule has 2 rings (SSSR count). The van der Waals surface area contributed by atoms with Crippen LogP contribution in [0.25, 0.3) is 0 Å². The highest BCUT2D eigenvalue weighted by atomic mass is 16.4. The lowest BCUT2D eigenvalue weighted by molar-refractivity contribution is -0.137. The molecule has 0 unspecified atom stereocenters. The molecule has 1 aromatic carbocycles. The van der Waals surface area contributed by atoms with Crippen molar-refractivity contribution in [2.75, 3.05) is 5.32 Å². The van der Waals surface area contributed by atoms with Gasteiger partial charge >= 0.3 is 5.97 Å². The molecule has 0 atom stereocenters. The average Bonchev–Trinajstić information content (AvgIpc) is 3.01. The number of carboxylic acids is 1. The van der Waals surface area contributed by atoms with Gasteiger partial charge in [0.05, 0.1) is 0 Å². The maximum Gasteiger partial charge on any atom is 0.303 e. The maximum atomic E-state index is 12.5. The second-order valence-electron chi connectivity index (χ2n) is 6.75. The Labute approximate surface area is 131 Å². The summed E-state index contributed by atoms with van der Waals surface area (Å²) in [5.41, 5.74) is 1.39. The summed E-state index contributed by atoms with van der Waals surface area (Å²) in [5, 5.41) is 11.7. The largest absolute Gasteiger partial charge is 0.481 e. The summed E-state index contributed by atoms with van der Waals surface area (Å²) in [6.07, 6.45) is 5.35. The zero-order valence-corrected chi connectivity index (χ0v) is 13.4. The predicted molar refractivity (Wildman–Crippen MR) is 86.8 cm³/mol. The summed E-state index contributed by atoms with van der Waals surface area (Å²) in [5.74, 6) is -0.268. The smallest absolute Gasteiger partial charge is 0.303 e. The van der Waals surface area contributed by atoms with E-state index in [1.165, 1.54) is 12.8 Å². The van der Waals surface area contributed by atoms with Crippen molar-refractivity contribution >= 4 is 17.6 Å². The van der Waals surface area contributed by atoms with Crippen molar-refractivity contribution in [2.45, 2.75) is 52.4 Å². The summed E-state index contributed by atoms with van der Waals surface area (Å²) in [7, 11) is 0. The molecule has 4 nitrogen and oxygen atoms in total. The third-order valence-electron chi connectivity index (χ3n) is 4.80. The minimum absolute atomic E-state index is 0.0673. The van der Waals surface area contributed by atoms with E-state index >= 15 is 0 Å². The second-order valence-corrected chi connectivity index (χ2v) is 6.75. The van der Waals surface area contributed by atoms with Crippen LogP contribution in [0.3, 0.4) is 0 Å². The average molecular weight is 303 g/mol. The minimum atomic E-state index is -0.796. The third kappa shape index (κ3) is 4.09. The molecule has 4 heteroatoms. The lowest BCUT2D eigenvalue weighted by Gasteiger charge is -2.30. The topological polar surface area (TPSA) is 66.4 Å². The molecule has 0 aromatic heterocycles. The van der Waals surface area contributed by atoms with Gasteiger partial charge in [0.2, 0.25) is 5.91 Å². The van der Waals surface area contributed by atoms with Crippen LogP contribution in [0.4, 0.5) is 5.69 Å². The Balaban J connectivity index is 1.95. The van der Waals surface area contributed by atoms with Crippen molar-refractivity contribution in [1.29, 1.82) is 0 Å². The van der Waals surface area contributed by atoms with E-state index in [0.29, 0.717) is 12.3 Å². The van der Waals surface area contributed by atoms with E-state index in [2.05, 4.69) is 5.32 Å². The van der Waals surface area contributed by atoms with Gasteiger partial charge in [-0.1, -0.05) is 38.8 Å². The van der Waals surface area contributed by atoms with E-state index in [0.717, 1.165) is 24.1 Å². The quantitative estimate of drug-likeness (QED) is 0.838. The van der Waals surface area contributed by atoms with E-state index < -0.39 is 5.97 Å². The molecule has 0 radical (unpaired) electrons. The number of hydrogen-bond acceptors (Lipinski definition) is 2. The predicted octanol–water partition coefficient (Wildman–Crippen LogP) is 3.86. The van der Waals surface area contributed by atoms with Gasteiger partial charge in [0.15, 0.2) is 0 Å². The molecule has 1 amide bonds.